The SMILES string of the molecule is CC(=O)NCC1CCN(C(=O)NC2CC2)CC1. The number of piperidine rings is 1. The third kappa shape index (κ3) is 3.91. The Kier molecular flexibility index (Phi) is 3.86. The first-order valence-corrected chi connectivity index (χ1v) is 6.45. The van der Waals surface area contributed by atoms with Crippen molar-refractivity contribution in [3.8, 4) is 0 Å². The van der Waals surface area contributed by atoms with E-state index in [4.69, 9.17) is 0 Å². The molecule has 5 nitrogen and oxygen atoms in total. The van der Waals surface area contributed by atoms with Gasteiger partial charge in [-0.1, -0.05) is 0 Å². The summed E-state index contributed by atoms with van der Waals surface area (Å²) in [6, 6.07) is 0.519. The van der Waals surface area contributed by atoms with Gasteiger partial charge in [0, 0.05) is 32.6 Å². The third-order valence-corrected chi connectivity index (χ3v) is 3.45. The van der Waals surface area contributed by atoms with Crippen LogP contribution in [0.3, 0.4) is 0 Å². The highest BCUT2D eigenvalue weighted by molar-refractivity contribution is 5.75. The van der Waals surface area contributed by atoms with Gasteiger partial charge in [0.1, 0.15) is 0 Å². The van der Waals surface area contributed by atoms with Crippen molar-refractivity contribution >= 4 is 11.9 Å². The molecule has 0 aromatic rings. The Morgan fingerprint density at radius 3 is 2.35 bits per heavy atom. The maximum absolute atomic E-state index is 11.8. The largest absolute Gasteiger partial charge is 0.356 e. The molecule has 96 valence electrons. The normalized spacial score (nSPS) is 21.1. The highest BCUT2D eigenvalue weighted by Gasteiger charge is 2.28. The van der Waals surface area contributed by atoms with Crippen molar-refractivity contribution in [1.29, 1.82) is 0 Å². The molecule has 5 heteroatoms. The van der Waals surface area contributed by atoms with Gasteiger partial charge in [0.2, 0.25) is 5.91 Å². The fourth-order valence-electron chi connectivity index (χ4n) is 2.12. The van der Waals surface area contributed by atoms with Crippen molar-refractivity contribution in [2.75, 3.05) is 19.6 Å². The van der Waals surface area contributed by atoms with Crippen molar-refractivity contribution in [2.45, 2.75) is 38.6 Å². The lowest BCUT2D eigenvalue weighted by atomic mass is 9.97. The summed E-state index contributed by atoms with van der Waals surface area (Å²) in [5, 5.41) is 5.85. The van der Waals surface area contributed by atoms with E-state index in [1.165, 1.54) is 6.92 Å². The van der Waals surface area contributed by atoms with Crippen molar-refractivity contribution in [3.63, 3.8) is 0 Å². The Balaban J connectivity index is 1.66. The van der Waals surface area contributed by atoms with Crippen molar-refractivity contribution < 1.29 is 9.59 Å². The quantitative estimate of drug-likeness (QED) is 0.762. The van der Waals surface area contributed by atoms with Gasteiger partial charge in [-0.05, 0) is 31.6 Å². The van der Waals surface area contributed by atoms with E-state index in [1.54, 1.807) is 0 Å². The van der Waals surface area contributed by atoms with E-state index in [9.17, 15) is 9.59 Å². The lowest BCUT2D eigenvalue weighted by Gasteiger charge is -2.32. The van der Waals surface area contributed by atoms with E-state index in [-0.39, 0.29) is 11.9 Å². The Morgan fingerprint density at radius 2 is 1.82 bits per heavy atom. The molecule has 0 bridgehead atoms. The minimum absolute atomic E-state index is 0.0268. The minimum Gasteiger partial charge on any atom is -0.356 e. The molecular weight excluding hydrogens is 218 g/mol. The zero-order valence-electron chi connectivity index (χ0n) is 10.4. The molecule has 0 unspecified atom stereocenters. The van der Waals surface area contributed by atoms with Gasteiger partial charge in [-0.25, -0.2) is 4.79 Å². The number of rotatable bonds is 3. The van der Waals surface area contributed by atoms with Crippen LogP contribution in [0.5, 0.6) is 0 Å². The van der Waals surface area contributed by atoms with Crippen LogP contribution in [0.2, 0.25) is 0 Å². The Labute approximate surface area is 102 Å². The number of nitrogens with one attached hydrogen (secondary N) is 2. The summed E-state index contributed by atoms with van der Waals surface area (Å²) in [7, 11) is 0. The van der Waals surface area contributed by atoms with Crippen molar-refractivity contribution in [2.24, 2.45) is 5.92 Å². The molecule has 1 heterocycles. The number of likely N-dealkylation sites (tertiary alicyclic amines) is 1. The summed E-state index contributed by atoms with van der Waals surface area (Å²) < 4.78 is 0. The lowest BCUT2D eigenvalue weighted by molar-refractivity contribution is -0.119. The van der Waals surface area contributed by atoms with Gasteiger partial charge in [-0.2, -0.15) is 0 Å². The Morgan fingerprint density at radius 1 is 1.18 bits per heavy atom. The summed E-state index contributed by atoms with van der Waals surface area (Å²) in [6.45, 7) is 3.90. The van der Waals surface area contributed by atoms with Crippen molar-refractivity contribution in [1.82, 2.24) is 15.5 Å². The smallest absolute Gasteiger partial charge is 0.317 e. The van der Waals surface area contributed by atoms with Gasteiger partial charge in [-0.15, -0.1) is 0 Å². The molecule has 2 fully saturated rings. The molecule has 0 radical (unpaired) electrons. The number of carbonyl (C=O) groups excluding carboxylic acids is 2. The summed E-state index contributed by atoms with van der Waals surface area (Å²) in [5.41, 5.74) is 0. The number of urea groups is 1. The average molecular weight is 239 g/mol. The van der Waals surface area contributed by atoms with E-state index in [0.29, 0.717) is 12.0 Å². The highest BCUT2D eigenvalue weighted by atomic mass is 16.2. The minimum atomic E-state index is 0.0268. The molecule has 2 rings (SSSR count). The summed E-state index contributed by atoms with van der Waals surface area (Å²) >= 11 is 0. The van der Waals surface area contributed by atoms with Crippen molar-refractivity contribution in [3.05, 3.63) is 0 Å². The molecule has 1 saturated heterocycles. The first-order valence-electron chi connectivity index (χ1n) is 6.45. The molecule has 0 spiro atoms. The molecule has 0 atom stereocenters. The standard InChI is InChI=1S/C12H21N3O2/c1-9(16)13-8-10-4-6-15(7-5-10)12(17)14-11-2-3-11/h10-11H,2-8H2,1H3,(H,13,16)(H,14,17). The van der Waals surface area contributed by atoms with Crippen LogP contribution in [0, 0.1) is 5.92 Å². The Bertz CT molecular complexity index is 294. The molecule has 3 amide bonds. The number of hydrogen-bond donors (Lipinski definition) is 2. The zero-order chi connectivity index (χ0) is 12.3. The molecule has 1 saturated carbocycles. The predicted molar refractivity (Wildman–Crippen MR) is 64.5 cm³/mol. The number of hydrogen-bond acceptors (Lipinski definition) is 2. The summed E-state index contributed by atoms with van der Waals surface area (Å²) in [6.07, 6.45) is 4.23. The van der Waals surface area contributed by atoms with Gasteiger partial charge >= 0.3 is 6.03 Å². The first kappa shape index (κ1) is 12.2. The van der Waals surface area contributed by atoms with Crippen LogP contribution in [0.25, 0.3) is 0 Å². The van der Waals surface area contributed by atoms with Crippen LogP contribution in [0.1, 0.15) is 32.6 Å². The highest BCUT2D eigenvalue weighted by Crippen LogP contribution is 2.21. The fraction of sp³-hybridized carbons (Fsp3) is 0.833. The van der Waals surface area contributed by atoms with Crippen LogP contribution in [0.4, 0.5) is 4.79 Å². The van der Waals surface area contributed by atoms with E-state index < -0.39 is 0 Å². The van der Waals surface area contributed by atoms with Gasteiger partial charge in [0.05, 0.1) is 0 Å². The number of carbonyl (C=O) groups is 2. The topological polar surface area (TPSA) is 61.4 Å². The lowest BCUT2D eigenvalue weighted by Crippen LogP contribution is -2.46. The maximum atomic E-state index is 11.8. The molecule has 2 aliphatic rings. The molecule has 2 N–H and O–H groups in total. The van der Waals surface area contributed by atoms with Gasteiger partial charge in [0.25, 0.3) is 0 Å². The summed E-state index contributed by atoms with van der Waals surface area (Å²) in [5.74, 6) is 0.544. The van der Waals surface area contributed by atoms with Crippen LogP contribution < -0.4 is 10.6 Å². The maximum Gasteiger partial charge on any atom is 0.317 e. The van der Waals surface area contributed by atoms with Gasteiger partial charge < -0.3 is 15.5 Å². The van der Waals surface area contributed by atoms with Gasteiger partial charge in [-0.3, -0.25) is 4.79 Å². The molecule has 1 aliphatic carbocycles. The van der Waals surface area contributed by atoms with E-state index in [2.05, 4.69) is 10.6 Å². The average Bonchev–Trinajstić information content (AvgIpc) is 3.11. The molecular formula is C12H21N3O2. The fourth-order valence-corrected chi connectivity index (χ4v) is 2.12. The molecule has 17 heavy (non-hydrogen) atoms. The molecule has 0 aromatic heterocycles. The van der Waals surface area contributed by atoms with Crippen LogP contribution in [-0.4, -0.2) is 42.5 Å². The third-order valence-electron chi connectivity index (χ3n) is 3.45. The van der Waals surface area contributed by atoms with E-state index >= 15 is 0 Å². The molecule has 1 aliphatic heterocycles. The summed E-state index contributed by atoms with van der Waals surface area (Å²) in [4.78, 5) is 24.5. The van der Waals surface area contributed by atoms with Crippen LogP contribution in [-0.2, 0) is 4.79 Å². The Hall–Kier alpha value is -1.26. The first-order chi connectivity index (χ1) is 8.15. The second kappa shape index (κ2) is 5.38. The predicted octanol–water partition coefficient (Wildman–Crippen LogP) is 0.706. The zero-order valence-corrected chi connectivity index (χ0v) is 10.4. The van der Waals surface area contributed by atoms with Gasteiger partial charge in [0.15, 0.2) is 0 Å². The number of nitrogens with zero attached hydrogens (tertiary/aromatic N) is 1. The monoisotopic (exact) mass is 239 g/mol. The van der Waals surface area contributed by atoms with Crippen LogP contribution >= 0.6 is 0 Å². The second-order valence-electron chi connectivity index (χ2n) is 5.09. The molecule has 0 aromatic carbocycles. The second-order valence-corrected chi connectivity index (χ2v) is 5.09. The van der Waals surface area contributed by atoms with E-state index in [1.807, 2.05) is 4.90 Å². The van der Waals surface area contributed by atoms with E-state index in [0.717, 1.165) is 45.3 Å². The number of amides is 3. The van der Waals surface area contributed by atoms with Crippen LogP contribution in [0.15, 0.2) is 0 Å².